The van der Waals surface area contributed by atoms with Crippen molar-refractivity contribution in [3.05, 3.63) is 35.4 Å². The van der Waals surface area contributed by atoms with Crippen molar-refractivity contribution in [1.82, 2.24) is 4.90 Å². The quantitative estimate of drug-likeness (QED) is 0.837. The molecule has 0 bridgehead atoms. The third-order valence-corrected chi connectivity index (χ3v) is 3.44. The van der Waals surface area contributed by atoms with Crippen LogP contribution in [0.15, 0.2) is 18.2 Å². The first kappa shape index (κ1) is 13.5. The summed E-state index contributed by atoms with van der Waals surface area (Å²) in [5.74, 6) is -1.21. The molecular formula is C14H14F2N2O. The minimum absolute atomic E-state index is 0.230. The number of rotatable bonds is 4. The molecule has 1 aromatic rings. The molecule has 0 saturated heterocycles. The van der Waals surface area contributed by atoms with Crippen molar-refractivity contribution < 1.29 is 13.6 Å². The van der Waals surface area contributed by atoms with E-state index in [0.717, 1.165) is 18.2 Å². The maximum absolute atomic E-state index is 13.4. The number of amides is 1. The molecule has 1 saturated carbocycles. The second-order valence-corrected chi connectivity index (χ2v) is 4.91. The summed E-state index contributed by atoms with van der Waals surface area (Å²) < 4.78 is 26.4. The summed E-state index contributed by atoms with van der Waals surface area (Å²) in [5.41, 5.74) is -0.628. The third kappa shape index (κ3) is 2.73. The third-order valence-electron chi connectivity index (χ3n) is 3.44. The van der Waals surface area contributed by atoms with E-state index < -0.39 is 17.0 Å². The number of nitriles is 1. The van der Waals surface area contributed by atoms with Gasteiger partial charge in [-0.25, -0.2) is 8.78 Å². The highest BCUT2D eigenvalue weighted by atomic mass is 19.1. The zero-order valence-electron chi connectivity index (χ0n) is 10.6. The number of benzene rings is 1. The van der Waals surface area contributed by atoms with Crippen molar-refractivity contribution in [3.63, 3.8) is 0 Å². The number of carbonyl (C=O) groups excluding carboxylic acids is 1. The maximum atomic E-state index is 13.4. The second kappa shape index (κ2) is 4.96. The highest BCUT2D eigenvalue weighted by molar-refractivity contribution is 5.88. The molecule has 0 spiro atoms. The normalized spacial score (nSPS) is 15.7. The van der Waals surface area contributed by atoms with Gasteiger partial charge in [0.2, 0.25) is 5.91 Å². The number of hydrogen-bond acceptors (Lipinski definition) is 2. The van der Waals surface area contributed by atoms with Crippen LogP contribution < -0.4 is 0 Å². The summed E-state index contributed by atoms with van der Waals surface area (Å²) >= 11 is 0. The van der Waals surface area contributed by atoms with Gasteiger partial charge in [0.1, 0.15) is 17.0 Å². The highest BCUT2D eigenvalue weighted by Crippen LogP contribution is 2.46. The van der Waals surface area contributed by atoms with E-state index in [0.29, 0.717) is 12.8 Å². The molecular weight excluding hydrogens is 250 g/mol. The number of halogens is 2. The molecule has 0 radical (unpaired) electrons. The van der Waals surface area contributed by atoms with Gasteiger partial charge in [-0.15, -0.1) is 0 Å². The average Bonchev–Trinajstić information content (AvgIpc) is 3.19. The molecule has 1 aromatic carbocycles. The second-order valence-electron chi connectivity index (χ2n) is 4.91. The standard InChI is InChI=1S/C14H14F2N2O/c1-18(13(19)14(9-17)5-6-14)7-4-10-8-11(15)2-3-12(10)16/h2-3,8H,4-7H2,1H3. The zero-order valence-corrected chi connectivity index (χ0v) is 10.6. The van der Waals surface area contributed by atoms with Crippen LogP contribution in [0.2, 0.25) is 0 Å². The van der Waals surface area contributed by atoms with Crippen molar-refractivity contribution in [2.45, 2.75) is 19.3 Å². The Morgan fingerprint density at radius 2 is 2.16 bits per heavy atom. The van der Waals surface area contributed by atoms with E-state index in [1.165, 1.54) is 4.90 Å². The lowest BCUT2D eigenvalue weighted by atomic mass is 10.1. The van der Waals surface area contributed by atoms with E-state index in [1.54, 1.807) is 7.05 Å². The van der Waals surface area contributed by atoms with Gasteiger partial charge in [0.25, 0.3) is 0 Å². The molecule has 0 aliphatic heterocycles. The fourth-order valence-corrected chi connectivity index (χ4v) is 1.99. The van der Waals surface area contributed by atoms with Crippen molar-refractivity contribution in [1.29, 1.82) is 5.26 Å². The van der Waals surface area contributed by atoms with Gasteiger partial charge in [-0.05, 0) is 43.0 Å². The maximum Gasteiger partial charge on any atom is 0.242 e. The van der Waals surface area contributed by atoms with Crippen LogP contribution in [0.25, 0.3) is 0 Å². The van der Waals surface area contributed by atoms with Crippen molar-refractivity contribution in [2.75, 3.05) is 13.6 Å². The first-order chi connectivity index (χ1) is 8.98. The molecule has 100 valence electrons. The van der Waals surface area contributed by atoms with Gasteiger partial charge < -0.3 is 4.90 Å². The molecule has 0 unspecified atom stereocenters. The number of carbonyl (C=O) groups is 1. The minimum atomic E-state index is -0.866. The van der Waals surface area contributed by atoms with Crippen LogP contribution in [-0.4, -0.2) is 24.4 Å². The molecule has 1 aliphatic carbocycles. The number of likely N-dealkylation sites (N-methyl/N-ethyl adjacent to an activating group) is 1. The highest BCUT2D eigenvalue weighted by Gasteiger charge is 2.51. The van der Waals surface area contributed by atoms with Gasteiger partial charge in [0.05, 0.1) is 6.07 Å². The Hall–Kier alpha value is -1.96. The predicted octanol–water partition coefficient (Wildman–Crippen LogP) is 2.27. The minimum Gasteiger partial charge on any atom is -0.344 e. The van der Waals surface area contributed by atoms with Crippen LogP contribution in [0.5, 0.6) is 0 Å². The molecule has 2 rings (SSSR count). The monoisotopic (exact) mass is 264 g/mol. The lowest BCUT2D eigenvalue weighted by Gasteiger charge is -2.19. The molecule has 5 heteroatoms. The van der Waals surface area contributed by atoms with Gasteiger partial charge in [-0.2, -0.15) is 5.26 Å². The van der Waals surface area contributed by atoms with E-state index in [-0.39, 0.29) is 24.4 Å². The molecule has 0 heterocycles. The molecule has 1 amide bonds. The van der Waals surface area contributed by atoms with E-state index in [2.05, 4.69) is 0 Å². The lowest BCUT2D eigenvalue weighted by Crippen LogP contribution is -2.35. The van der Waals surface area contributed by atoms with Crippen molar-refractivity contribution >= 4 is 5.91 Å². The van der Waals surface area contributed by atoms with Gasteiger partial charge >= 0.3 is 0 Å². The van der Waals surface area contributed by atoms with Crippen LogP contribution in [0.4, 0.5) is 8.78 Å². The van der Waals surface area contributed by atoms with E-state index >= 15 is 0 Å². The summed E-state index contributed by atoms with van der Waals surface area (Å²) in [7, 11) is 1.58. The Labute approximate surface area is 110 Å². The smallest absolute Gasteiger partial charge is 0.242 e. The van der Waals surface area contributed by atoms with E-state index in [4.69, 9.17) is 5.26 Å². The summed E-state index contributed by atoms with van der Waals surface area (Å²) in [6.45, 7) is 0.267. The molecule has 1 fully saturated rings. The molecule has 0 N–H and O–H groups in total. The first-order valence-corrected chi connectivity index (χ1v) is 6.09. The molecule has 0 atom stereocenters. The molecule has 3 nitrogen and oxygen atoms in total. The molecule has 0 aromatic heterocycles. The van der Waals surface area contributed by atoms with Crippen LogP contribution >= 0.6 is 0 Å². The van der Waals surface area contributed by atoms with E-state index in [1.807, 2.05) is 6.07 Å². The first-order valence-electron chi connectivity index (χ1n) is 6.09. The fourth-order valence-electron chi connectivity index (χ4n) is 1.99. The zero-order chi connectivity index (χ0) is 14.0. The average molecular weight is 264 g/mol. The predicted molar refractivity (Wildman–Crippen MR) is 65.0 cm³/mol. The van der Waals surface area contributed by atoms with Gasteiger partial charge in [-0.3, -0.25) is 4.79 Å². The topological polar surface area (TPSA) is 44.1 Å². The van der Waals surface area contributed by atoms with Crippen LogP contribution in [0, 0.1) is 28.4 Å². The van der Waals surface area contributed by atoms with E-state index in [9.17, 15) is 13.6 Å². The summed E-state index contributed by atoms with van der Waals surface area (Å²) in [6.07, 6.45) is 1.40. The fraction of sp³-hybridized carbons (Fsp3) is 0.429. The van der Waals surface area contributed by atoms with Crippen molar-refractivity contribution in [3.8, 4) is 6.07 Å². The Bertz CT molecular complexity index is 547. The summed E-state index contributed by atoms with van der Waals surface area (Å²) in [4.78, 5) is 13.4. The summed E-state index contributed by atoms with van der Waals surface area (Å²) in [6, 6.07) is 5.29. The SMILES string of the molecule is CN(CCc1cc(F)ccc1F)C(=O)C1(C#N)CC1. The summed E-state index contributed by atoms with van der Waals surface area (Å²) in [5, 5.41) is 8.93. The molecule has 1 aliphatic rings. The Kier molecular flexibility index (Phi) is 3.52. The van der Waals surface area contributed by atoms with Gasteiger partial charge in [0.15, 0.2) is 0 Å². The lowest BCUT2D eigenvalue weighted by molar-refractivity contribution is -0.133. The van der Waals surface area contributed by atoms with Gasteiger partial charge in [-0.1, -0.05) is 0 Å². The van der Waals surface area contributed by atoms with Crippen LogP contribution in [0.1, 0.15) is 18.4 Å². The molecule has 19 heavy (non-hydrogen) atoms. The van der Waals surface area contributed by atoms with Gasteiger partial charge in [0, 0.05) is 13.6 Å². The largest absolute Gasteiger partial charge is 0.344 e. The number of hydrogen-bond donors (Lipinski definition) is 0. The van der Waals surface area contributed by atoms with Crippen LogP contribution in [-0.2, 0) is 11.2 Å². The van der Waals surface area contributed by atoms with Crippen LogP contribution in [0.3, 0.4) is 0 Å². The Balaban J connectivity index is 1.97. The number of nitrogens with zero attached hydrogens (tertiary/aromatic N) is 2. The Morgan fingerprint density at radius 1 is 1.47 bits per heavy atom. The van der Waals surface area contributed by atoms with Crippen molar-refractivity contribution in [2.24, 2.45) is 5.41 Å². The Morgan fingerprint density at radius 3 is 2.74 bits per heavy atom.